The lowest BCUT2D eigenvalue weighted by Gasteiger charge is -2.16. The molecule has 9 heteroatoms. The molecule has 5 nitrogen and oxygen atoms in total. The summed E-state index contributed by atoms with van der Waals surface area (Å²) in [5.74, 6) is -3.05. The van der Waals surface area contributed by atoms with Gasteiger partial charge in [0.05, 0.1) is 21.3 Å². The molecule has 0 radical (unpaired) electrons. The van der Waals surface area contributed by atoms with Gasteiger partial charge in [-0.05, 0) is 88.1 Å². The molecule has 1 fully saturated rings. The lowest BCUT2D eigenvalue weighted by molar-refractivity contribution is -0.0230. The number of carbonyl (C=O) groups excluding carboxylic acids is 1. The molecule has 3 rings (SSSR count). The van der Waals surface area contributed by atoms with Gasteiger partial charge in [0.15, 0.2) is 11.6 Å². The Morgan fingerprint density at radius 1 is 1.33 bits per heavy atom. The van der Waals surface area contributed by atoms with E-state index in [-0.39, 0.29) is 22.3 Å². The maximum Gasteiger partial charge on any atom is 0.277 e. The van der Waals surface area contributed by atoms with Crippen molar-refractivity contribution in [2.24, 2.45) is 0 Å². The Bertz CT molecular complexity index is 907. The zero-order chi connectivity index (χ0) is 19.8. The smallest absolute Gasteiger partial charge is 0.277 e. The predicted molar refractivity (Wildman–Crippen MR) is 109 cm³/mol. The van der Waals surface area contributed by atoms with Gasteiger partial charge >= 0.3 is 0 Å². The number of aryl methyl sites for hydroxylation is 1. The summed E-state index contributed by atoms with van der Waals surface area (Å²) in [6, 6.07) is 6.57. The molecule has 0 aliphatic heterocycles. The summed E-state index contributed by atoms with van der Waals surface area (Å²) in [4.78, 5) is 17.5. The predicted octanol–water partition coefficient (Wildman–Crippen LogP) is 4.57. The van der Waals surface area contributed by atoms with Crippen LogP contribution in [0, 0.1) is 22.1 Å². The summed E-state index contributed by atoms with van der Waals surface area (Å²) in [5.41, 5.74) is 2.17. The van der Waals surface area contributed by atoms with Crippen LogP contribution in [0.15, 0.2) is 28.7 Å². The van der Waals surface area contributed by atoms with Gasteiger partial charge in [-0.3, -0.25) is 9.63 Å². The highest BCUT2D eigenvalue weighted by atomic mass is 127. The summed E-state index contributed by atoms with van der Waals surface area (Å²) >= 11 is 5.06. The van der Waals surface area contributed by atoms with E-state index < -0.39 is 23.1 Å². The van der Waals surface area contributed by atoms with Crippen molar-refractivity contribution in [1.29, 1.82) is 0 Å². The molecule has 2 aromatic rings. The third-order valence-electron chi connectivity index (χ3n) is 4.19. The first-order valence-corrected chi connectivity index (χ1v) is 9.92. The van der Waals surface area contributed by atoms with Crippen molar-refractivity contribution in [2.45, 2.75) is 25.4 Å². The number of amides is 1. The van der Waals surface area contributed by atoms with Gasteiger partial charge in [0.25, 0.3) is 5.91 Å². The lowest BCUT2D eigenvalue weighted by atomic mass is 10.1. The largest absolute Gasteiger partial charge is 0.387 e. The van der Waals surface area contributed by atoms with Crippen molar-refractivity contribution < 1.29 is 23.5 Å². The maximum atomic E-state index is 14.6. The summed E-state index contributed by atoms with van der Waals surface area (Å²) in [6.07, 6.45) is 1.19. The fourth-order valence-electron chi connectivity index (χ4n) is 2.38. The number of rotatable bonds is 6. The van der Waals surface area contributed by atoms with Crippen LogP contribution in [0.1, 0.15) is 28.8 Å². The Morgan fingerprint density at radius 3 is 2.67 bits per heavy atom. The number of hydrogen-bond donors (Lipinski definition) is 3. The summed E-state index contributed by atoms with van der Waals surface area (Å²) in [5, 5.41) is 12.5. The molecule has 27 heavy (non-hydrogen) atoms. The number of anilines is 2. The minimum atomic E-state index is -1.19. The van der Waals surface area contributed by atoms with Gasteiger partial charge in [0.2, 0.25) is 0 Å². The fraction of sp³-hybridized carbons (Fsp3) is 0.278. The number of nitrogens with one attached hydrogen (secondary N) is 2. The molecule has 0 atom stereocenters. The fourth-order valence-corrected chi connectivity index (χ4v) is 3.43. The molecule has 0 heterocycles. The SMILES string of the molecule is Cc1cc(I)ccc1Nc1c(C(=O)NOCC2(O)CC2)cc(Br)c(F)c1F. The molecule has 0 unspecified atom stereocenters. The van der Waals surface area contributed by atoms with Crippen LogP contribution in [-0.2, 0) is 4.84 Å². The Morgan fingerprint density at radius 2 is 2.04 bits per heavy atom. The first-order chi connectivity index (χ1) is 12.7. The number of hydrogen-bond acceptors (Lipinski definition) is 4. The third-order valence-corrected chi connectivity index (χ3v) is 5.44. The highest BCUT2D eigenvalue weighted by Gasteiger charge is 2.41. The molecule has 1 amide bonds. The van der Waals surface area contributed by atoms with Crippen LogP contribution >= 0.6 is 38.5 Å². The molecule has 0 saturated heterocycles. The van der Waals surface area contributed by atoms with Crippen molar-refractivity contribution >= 4 is 55.8 Å². The van der Waals surface area contributed by atoms with Crippen LogP contribution in [0.5, 0.6) is 0 Å². The normalized spacial score (nSPS) is 14.7. The van der Waals surface area contributed by atoms with E-state index in [0.717, 1.165) is 9.13 Å². The van der Waals surface area contributed by atoms with E-state index in [9.17, 15) is 18.7 Å². The van der Waals surface area contributed by atoms with Gasteiger partial charge in [0, 0.05) is 9.26 Å². The number of benzene rings is 2. The molecule has 0 spiro atoms. The van der Waals surface area contributed by atoms with Crippen molar-refractivity contribution in [3.8, 4) is 0 Å². The van der Waals surface area contributed by atoms with Crippen LogP contribution in [0.25, 0.3) is 0 Å². The standard InChI is InChI=1S/C18H16BrF2IN2O3/c1-9-6-10(22)2-3-13(9)23-16-11(7-12(19)14(20)15(16)21)17(25)24-27-8-18(26)4-5-18/h2-3,6-7,23,26H,4-5,8H2,1H3,(H,24,25). The van der Waals surface area contributed by atoms with Gasteiger partial charge in [-0.1, -0.05) is 0 Å². The topological polar surface area (TPSA) is 70.6 Å². The molecule has 144 valence electrons. The summed E-state index contributed by atoms with van der Waals surface area (Å²) < 4.78 is 29.4. The van der Waals surface area contributed by atoms with Crippen molar-refractivity contribution in [3.05, 3.63) is 55.1 Å². The lowest BCUT2D eigenvalue weighted by Crippen LogP contribution is -2.30. The molecule has 0 aromatic heterocycles. The number of hydroxylamine groups is 1. The monoisotopic (exact) mass is 552 g/mol. The average Bonchev–Trinajstić information content (AvgIpc) is 3.34. The van der Waals surface area contributed by atoms with E-state index in [0.29, 0.717) is 18.5 Å². The van der Waals surface area contributed by atoms with Crippen molar-refractivity contribution in [1.82, 2.24) is 5.48 Å². The quantitative estimate of drug-likeness (QED) is 0.279. The highest BCUT2D eigenvalue weighted by molar-refractivity contribution is 14.1. The average molecular weight is 553 g/mol. The number of halogens is 4. The van der Waals surface area contributed by atoms with E-state index in [1.807, 2.05) is 19.1 Å². The Kier molecular flexibility index (Phi) is 6.04. The Balaban J connectivity index is 1.88. The van der Waals surface area contributed by atoms with Gasteiger partial charge in [-0.25, -0.2) is 14.3 Å². The van der Waals surface area contributed by atoms with Crippen LogP contribution < -0.4 is 10.8 Å². The van der Waals surface area contributed by atoms with Gasteiger partial charge < -0.3 is 10.4 Å². The van der Waals surface area contributed by atoms with E-state index in [4.69, 9.17) is 4.84 Å². The van der Waals surface area contributed by atoms with Crippen LogP contribution in [0.4, 0.5) is 20.2 Å². The second-order valence-corrected chi connectivity index (χ2v) is 8.54. The van der Waals surface area contributed by atoms with E-state index in [2.05, 4.69) is 49.3 Å². The highest BCUT2D eigenvalue weighted by Crippen LogP contribution is 2.35. The van der Waals surface area contributed by atoms with Gasteiger partial charge in [-0.15, -0.1) is 0 Å². The molecular weight excluding hydrogens is 537 g/mol. The van der Waals surface area contributed by atoms with Crippen molar-refractivity contribution in [3.63, 3.8) is 0 Å². The van der Waals surface area contributed by atoms with Crippen LogP contribution in [0.2, 0.25) is 0 Å². The zero-order valence-electron chi connectivity index (χ0n) is 14.2. The van der Waals surface area contributed by atoms with E-state index >= 15 is 0 Å². The molecule has 1 aliphatic rings. The molecular formula is C18H16BrF2IN2O3. The second kappa shape index (κ2) is 7.98. The Hall–Kier alpha value is -1.30. The first-order valence-electron chi connectivity index (χ1n) is 8.05. The maximum absolute atomic E-state index is 14.6. The molecule has 0 bridgehead atoms. The molecule has 2 aromatic carbocycles. The van der Waals surface area contributed by atoms with E-state index in [1.54, 1.807) is 6.07 Å². The molecule has 3 N–H and O–H groups in total. The molecule has 1 aliphatic carbocycles. The first kappa shape index (κ1) is 20.4. The minimum absolute atomic E-state index is 0.0669. The zero-order valence-corrected chi connectivity index (χ0v) is 17.9. The number of carbonyl (C=O) groups is 1. The number of aliphatic hydroxyl groups is 1. The molecule has 1 saturated carbocycles. The van der Waals surface area contributed by atoms with Gasteiger partial charge in [-0.2, -0.15) is 0 Å². The summed E-state index contributed by atoms with van der Waals surface area (Å²) in [6.45, 7) is 1.75. The van der Waals surface area contributed by atoms with Crippen LogP contribution in [0.3, 0.4) is 0 Å². The second-order valence-electron chi connectivity index (χ2n) is 6.44. The van der Waals surface area contributed by atoms with Crippen molar-refractivity contribution in [2.75, 3.05) is 11.9 Å². The van der Waals surface area contributed by atoms with Gasteiger partial charge in [0.1, 0.15) is 6.61 Å². The third kappa shape index (κ3) is 4.76. The minimum Gasteiger partial charge on any atom is -0.387 e. The Labute approximate surface area is 176 Å². The van der Waals surface area contributed by atoms with Crippen LogP contribution in [-0.4, -0.2) is 23.2 Å². The summed E-state index contributed by atoms with van der Waals surface area (Å²) in [7, 11) is 0. The van der Waals surface area contributed by atoms with E-state index in [1.165, 1.54) is 6.07 Å².